The van der Waals surface area contributed by atoms with Crippen molar-refractivity contribution in [2.75, 3.05) is 6.54 Å². The van der Waals surface area contributed by atoms with E-state index >= 15 is 0 Å². The van der Waals surface area contributed by atoms with E-state index in [0.717, 1.165) is 19.3 Å². The van der Waals surface area contributed by atoms with Crippen molar-refractivity contribution < 1.29 is 14.7 Å². The number of urea groups is 1. The summed E-state index contributed by atoms with van der Waals surface area (Å²) in [4.78, 5) is 22.8. The van der Waals surface area contributed by atoms with E-state index in [9.17, 15) is 14.7 Å². The van der Waals surface area contributed by atoms with E-state index in [-0.39, 0.29) is 18.6 Å². The molecule has 5 heteroatoms. The quantitative estimate of drug-likeness (QED) is 0.755. The maximum Gasteiger partial charge on any atom is 0.315 e. The van der Waals surface area contributed by atoms with Gasteiger partial charge in [-0.25, -0.2) is 4.79 Å². The summed E-state index contributed by atoms with van der Waals surface area (Å²) in [6, 6.07) is 8.89. The molecular formula is C14H18N2O3. The molecule has 1 aromatic carbocycles. The topological polar surface area (TPSA) is 78.4 Å². The molecule has 0 radical (unpaired) electrons. The van der Waals surface area contributed by atoms with Crippen LogP contribution in [-0.2, 0) is 4.79 Å². The molecule has 1 aliphatic rings. The number of carboxylic acids is 1. The van der Waals surface area contributed by atoms with E-state index in [1.807, 2.05) is 6.07 Å². The van der Waals surface area contributed by atoms with Gasteiger partial charge in [0, 0.05) is 12.6 Å². The highest BCUT2D eigenvalue weighted by Crippen LogP contribution is 2.18. The van der Waals surface area contributed by atoms with Gasteiger partial charge >= 0.3 is 12.0 Å². The van der Waals surface area contributed by atoms with E-state index < -0.39 is 11.9 Å². The van der Waals surface area contributed by atoms with Crippen molar-refractivity contribution >= 4 is 12.0 Å². The third kappa shape index (κ3) is 3.71. The minimum absolute atomic E-state index is 0.0951. The van der Waals surface area contributed by atoms with Crippen LogP contribution in [0.15, 0.2) is 30.3 Å². The molecule has 1 unspecified atom stereocenters. The lowest BCUT2D eigenvalue weighted by Gasteiger charge is -2.26. The number of amides is 2. The second kappa shape index (κ2) is 6.22. The molecule has 0 aliphatic heterocycles. The summed E-state index contributed by atoms with van der Waals surface area (Å²) in [5.74, 6) is -1.65. The van der Waals surface area contributed by atoms with Gasteiger partial charge in [-0.05, 0) is 24.8 Å². The Morgan fingerprint density at radius 1 is 1.26 bits per heavy atom. The number of benzene rings is 1. The maximum atomic E-state index is 11.6. The summed E-state index contributed by atoms with van der Waals surface area (Å²) in [7, 11) is 0. The third-order valence-electron chi connectivity index (χ3n) is 3.41. The monoisotopic (exact) mass is 262 g/mol. The van der Waals surface area contributed by atoms with E-state index in [4.69, 9.17) is 0 Å². The van der Waals surface area contributed by atoms with Crippen molar-refractivity contribution in [3.8, 4) is 0 Å². The SMILES string of the molecule is O=C(NCC(C(=O)O)c1ccccc1)NC1CCC1. The molecule has 102 valence electrons. The molecule has 1 fully saturated rings. The molecule has 19 heavy (non-hydrogen) atoms. The Morgan fingerprint density at radius 2 is 1.95 bits per heavy atom. The Morgan fingerprint density at radius 3 is 2.47 bits per heavy atom. The normalized spacial score (nSPS) is 16.2. The molecule has 0 spiro atoms. The van der Waals surface area contributed by atoms with Crippen LogP contribution in [0.4, 0.5) is 4.79 Å². The van der Waals surface area contributed by atoms with Crippen molar-refractivity contribution in [1.82, 2.24) is 10.6 Å². The molecule has 2 rings (SSSR count). The van der Waals surface area contributed by atoms with Crippen molar-refractivity contribution in [1.29, 1.82) is 0 Å². The van der Waals surface area contributed by atoms with Crippen LogP contribution in [0.1, 0.15) is 30.7 Å². The van der Waals surface area contributed by atoms with E-state index in [1.54, 1.807) is 24.3 Å². The summed E-state index contributed by atoms with van der Waals surface area (Å²) in [5, 5.41) is 14.7. The highest BCUT2D eigenvalue weighted by molar-refractivity contribution is 5.79. The third-order valence-corrected chi connectivity index (χ3v) is 3.41. The zero-order valence-corrected chi connectivity index (χ0v) is 10.6. The number of nitrogens with one attached hydrogen (secondary N) is 2. The van der Waals surface area contributed by atoms with E-state index in [2.05, 4.69) is 10.6 Å². The molecule has 2 amide bonds. The van der Waals surface area contributed by atoms with E-state index in [1.165, 1.54) is 0 Å². The Kier molecular flexibility index (Phi) is 4.39. The first kappa shape index (κ1) is 13.4. The highest BCUT2D eigenvalue weighted by Gasteiger charge is 2.22. The first-order valence-electron chi connectivity index (χ1n) is 6.49. The number of carbonyl (C=O) groups is 2. The van der Waals surface area contributed by atoms with Crippen LogP contribution in [0.2, 0.25) is 0 Å². The van der Waals surface area contributed by atoms with Crippen LogP contribution in [-0.4, -0.2) is 29.7 Å². The zero-order chi connectivity index (χ0) is 13.7. The second-order valence-electron chi connectivity index (χ2n) is 4.78. The number of hydrogen-bond donors (Lipinski definition) is 3. The molecule has 5 nitrogen and oxygen atoms in total. The molecule has 0 saturated heterocycles. The summed E-state index contributed by atoms with van der Waals surface area (Å²) in [6.07, 6.45) is 3.16. The van der Waals surface area contributed by atoms with Gasteiger partial charge in [0.05, 0.1) is 5.92 Å². The van der Waals surface area contributed by atoms with Crippen molar-refractivity contribution in [2.45, 2.75) is 31.2 Å². The van der Waals surface area contributed by atoms with Gasteiger partial charge in [-0.3, -0.25) is 4.79 Å². The van der Waals surface area contributed by atoms with Gasteiger partial charge in [0.2, 0.25) is 0 Å². The minimum Gasteiger partial charge on any atom is -0.481 e. The average molecular weight is 262 g/mol. The minimum atomic E-state index is -0.935. The van der Waals surface area contributed by atoms with Crippen LogP contribution in [0.5, 0.6) is 0 Å². The first-order valence-corrected chi connectivity index (χ1v) is 6.49. The predicted molar refractivity (Wildman–Crippen MR) is 71.0 cm³/mol. The fraction of sp³-hybridized carbons (Fsp3) is 0.429. The van der Waals surface area contributed by atoms with Gasteiger partial charge in [-0.1, -0.05) is 30.3 Å². The fourth-order valence-corrected chi connectivity index (χ4v) is 2.02. The molecule has 1 saturated carbocycles. The maximum absolute atomic E-state index is 11.6. The number of carboxylic acid groups (broad SMARTS) is 1. The van der Waals surface area contributed by atoms with Crippen LogP contribution in [0.25, 0.3) is 0 Å². The Balaban J connectivity index is 1.87. The number of rotatable bonds is 5. The fourth-order valence-electron chi connectivity index (χ4n) is 2.02. The van der Waals surface area contributed by atoms with E-state index in [0.29, 0.717) is 5.56 Å². The standard InChI is InChI=1S/C14H18N2O3/c17-13(18)12(10-5-2-1-3-6-10)9-15-14(19)16-11-7-4-8-11/h1-3,5-6,11-12H,4,7-9H2,(H,17,18)(H2,15,16,19). The van der Waals surface area contributed by atoms with Gasteiger partial charge in [0.15, 0.2) is 0 Å². The van der Waals surface area contributed by atoms with Crippen molar-refractivity contribution in [3.05, 3.63) is 35.9 Å². The molecule has 1 atom stereocenters. The van der Waals surface area contributed by atoms with Crippen LogP contribution in [0, 0.1) is 0 Å². The Labute approximate surface area is 112 Å². The van der Waals surface area contributed by atoms with Gasteiger partial charge in [-0.15, -0.1) is 0 Å². The molecule has 0 heterocycles. The van der Waals surface area contributed by atoms with Gasteiger partial charge < -0.3 is 15.7 Å². The van der Waals surface area contributed by atoms with Gasteiger partial charge in [0.1, 0.15) is 0 Å². The summed E-state index contributed by atoms with van der Waals surface area (Å²) in [6.45, 7) is 0.0951. The first-order chi connectivity index (χ1) is 9.16. The lowest BCUT2D eigenvalue weighted by molar-refractivity contribution is -0.138. The molecular weight excluding hydrogens is 244 g/mol. The van der Waals surface area contributed by atoms with Crippen LogP contribution in [0.3, 0.4) is 0 Å². The number of carbonyl (C=O) groups excluding carboxylic acids is 1. The molecule has 1 aliphatic carbocycles. The van der Waals surface area contributed by atoms with Gasteiger partial charge in [-0.2, -0.15) is 0 Å². The van der Waals surface area contributed by atoms with Gasteiger partial charge in [0.25, 0.3) is 0 Å². The summed E-state index contributed by atoms with van der Waals surface area (Å²) >= 11 is 0. The lowest BCUT2D eigenvalue weighted by atomic mass is 9.93. The lowest BCUT2D eigenvalue weighted by Crippen LogP contribution is -2.46. The van der Waals surface area contributed by atoms with Crippen LogP contribution >= 0.6 is 0 Å². The largest absolute Gasteiger partial charge is 0.481 e. The summed E-state index contributed by atoms with van der Waals surface area (Å²) < 4.78 is 0. The summed E-state index contributed by atoms with van der Waals surface area (Å²) in [5.41, 5.74) is 0.693. The number of hydrogen-bond acceptors (Lipinski definition) is 2. The highest BCUT2D eigenvalue weighted by atomic mass is 16.4. The second-order valence-corrected chi connectivity index (χ2v) is 4.78. The van der Waals surface area contributed by atoms with Crippen molar-refractivity contribution in [2.24, 2.45) is 0 Å². The smallest absolute Gasteiger partial charge is 0.315 e. The molecule has 3 N–H and O–H groups in total. The van der Waals surface area contributed by atoms with Crippen LogP contribution < -0.4 is 10.6 Å². The molecule has 0 bridgehead atoms. The zero-order valence-electron chi connectivity index (χ0n) is 10.6. The average Bonchev–Trinajstić information content (AvgIpc) is 2.35. The molecule has 0 aromatic heterocycles. The Bertz CT molecular complexity index is 443. The molecule has 1 aromatic rings. The number of aliphatic carboxylic acids is 1. The predicted octanol–water partition coefficient (Wildman–Crippen LogP) is 1.71. The Hall–Kier alpha value is -2.04. The van der Waals surface area contributed by atoms with Crippen molar-refractivity contribution in [3.63, 3.8) is 0 Å².